The average Bonchev–Trinajstić information content (AvgIpc) is 2.80. The highest BCUT2D eigenvalue weighted by Gasteiger charge is 2.40. The fraction of sp³-hybridized carbons (Fsp3) is 0.542. The van der Waals surface area contributed by atoms with Crippen LogP contribution in [0.3, 0.4) is 0 Å². The van der Waals surface area contributed by atoms with Gasteiger partial charge in [-0.15, -0.1) is 0 Å². The number of aromatic nitrogens is 2. The lowest BCUT2D eigenvalue weighted by Crippen LogP contribution is -2.38. The Kier molecular flexibility index (Phi) is 9.34. The van der Waals surface area contributed by atoms with Crippen LogP contribution in [-0.4, -0.2) is 81.0 Å². The Hall–Kier alpha value is -2.36. The Morgan fingerprint density at radius 1 is 1.21 bits per heavy atom. The molecule has 0 unspecified atom stereocenters. The molecule has 1 amide bonds. The molecule has 2 fully saturated rings. The second-order valence-electron chi connectivity index (χ2n) is 8.53. The van der Waals surface area contributed by atoms with E-state index in [0.717, 1.165) is 62.3 Å². The molecule has 0 bridgehead atoms. The summed E-state index contributed by atoms with van der Waals surface area (Å²) in [5.74, 6) is 1.86. The van der Waals surface area contributed by atoms with Crippen LogP contribution in [0, 0.1) is 0 Å². The van der Waals surface area contributed by atoms with Crippen LogP contribution in [0.25, 0.3) is 11.4 Å². The van der Waals surface area contributed by atoms with Crippen LogP contribution in [0.5, 0.6) is 0 Å². The van der Waals surface area contributed by atoms with Crippen molar-refractivity contribution in [1.29, 1.82) is 0 Å². The third-order valence-corrected chi connectivity index (χ3v) is 7.50. The van der Waals surface area contributed by atoms with Gasteiger partial charge in [0.05, 0.1) is 23.7 Å². The van der Waals surface area contributed by atoms with E-state index in [2.05, 4.69) is 71.5 Å². The van der Waals surface area contributed by atoms with Gasteiger partial charge in [0.15, 0.2) is 5.82 Å². The molecule has 4 rings (SSSR count). The first-order valence-corrected chi connectivity index (χ1v) is 12.7. The summed E-state index contributed by atoms with van der Waals surface area (Å²) >= 11 is 1.94. The van der Waals surface area contributed by atoms with Crippen molar-refractivity contribution in [3.63, 3.8) is 0 Å². The number of amides is 1. The Morgan fingerprint density at radius 3 is 2.42 bits per heavy atom. The van der Waals surface area contributed by atoms with Crippen LogP contribution in [0.1, 0.15) is 25.0 Å². The highest BCUT2D eigenvalue weighted by molar-refractivity contribution is 7.99. The number of hydrogen-bond acceptors (Lipinski definition) is 8. The molecule has 3 N–H and O–H groups in total. The minimum Gasteiger partial charge on any atom is -0.384 e. The van der Waals surface area contributed by atoms with Crippen molar-refractivity contribution in [2.75, 3.05) is 70.0 Å². The molecule has 1 aromatic heterocycles. The normalized spacial score (nSPS) is 17.0. The molecule has 8 nitrogen and oxygen atoms in total. The molecular weight excluding hydrogens is 436 g/mol. The monoisotopic (exact) mass is 472 g/mol. The number of nitrogens with one attached hydrogen (secondary N) is 1. The number of ether oxygens (including phenoxy) is 1. The van der Waals surface area contributed by atoms with E-state index < -0.39 is 0 Å². The van der Waals surface area contributed by atoms with Gasteiger partial charge in [-0.1, -0.05) is 0 Å². The molecule has 1 aliphatic heterocycles. The SMILES string of the molecule is CSC1(c2cc(N3CCOCC3)nc(-c3ccc(NCCN(C)C)cc3)n2)CCC1.NC=O. The van der Waals surface area contributed by atoms with Crippen LogP contribution in [0.15, 0.2) is 30.3 Å². The number of likely N-dealkylation sites (N-methyl/N-ethyl adjacent to an activating group) is 1. The number of hydrogen-bond donors (Lipinski definition) is 2. The van der Waals surface area contributed by atoms with Crippen molar-refractivity contribution in [1.82, 2.24) is 14.9 Å². The zero-order valence-electron chi connectivity index (χ0n) is 19.9. The highest BCUT2D eigenvalue weighted by atomic mass is 32.2. The van der Waals surface area contributed by atoms with Crippen LogP contribution in [-0.2, 0) is 14.3 Å². The summed E-state index contributed by atoms with van der Waals surface area (Å²) in [7, 11) is 4.18. The largest absolute Gasteiger partial charge is 0.384 e. The summed E-state index contributed by atoms with van der Waals surface area (Å²) in [4.78, 5) is 23.1. The van der Waals surface area contributed by atoms with Crippen molar-refractivity contribution >= 4 is 29.7 Å². The van der Waals surface area contributed by atoms with Gasteiger partial charge in [-0.05, 0) is 63.9 Å². The van der Waals surface area contributed by atoms with E-state index in [1.165, 1.54) is 25.0 Å². The van der Waals surface area contributed by atoms with Gasteiger partial charge in [0.25, 0.3) is 0 Å². The third-order valence-electron chi connectivity index (χ3n) is 6.10. The maximum absolute atomic E-state index is 8.58. The number of morpholine rings is 1. The molecule has 2 aliphatic rings. The number of carbonyl (C=O) groups is 1. The smallest absolute Gasteiger partial charge is 0.204 e. The fourth-order valence-corrected chi connectivity index (χ4v) is 4.99. The molecule has 2 heterocycles. The number of thioether (sulfide) groups is 1. The van der Waals surface area contributed by atoms with E-state index in [1.54, 1.807) is 0 Å². The molecule has 2 aromatic rings. The number of benzene rings is 1. The van der Waals surface area contributed by atoms with Crippen LogP contribution >= 0.6 is 11.8 Å². The number of nitrogens with zero attached hydrogens (tertiary/aromatic N) is 4. The van der Waals surface area contributed by atoms with Gasteiger partial charge in [0.2, 0.25) is 6.41 Å². The van der Waals surface area contributed by atoms with E-state index in [4.69, 9.17) is 19.5 Å². The van der Waals surface area contributed by atoms with Gasteiger partial charge in [-0.2, -0.15) is 11.8 Å². The van der Waals surface area contributed by atoms with Crippen molar-refractivity contribution in [3.8, 4) is 11.4 Å². The molecule has 1 saturated carbocycles. The Morgan fingerprint density at radius 2 is 1.88 bits per heavy atom. The number of carbonyl (C=O) groups excluding carboxylic acids is 1. The van der Waals surface area contributed by atoms with Gasteiger partial charge in [-0.3, -0.25) is 4.79 Å². The Bertz CT molecular complexity index is 878. The molecule has 1 aliphatic carbocycles. The van der Waals surface area contributed by atoms with Gasteiger partial charge in [0, 0.05) is 43.5 Å². The fourth-order valence-electron chi connectivity index (χ4n) is 3.98. The summed E-state index contributed by atoms with van der Waals surface area (Å²) < 4.78 is 5.69. The summed E-state index contributed by atoms with van der Waals surface area (Å²) in [5, 5.41) is 3.47. The first-order valence-electron chi connectivity index (χ1n) is 11.4. The molecule has 1 saturated heterocycles. The number of rotatable bonds is 8. The zero-order valence-corrected chi connectivity index (χ0v) is 20.7. The van der Waals surface area contributed by atoms with E-state index in [1.807, 2.05) is 11.8 Å². The second kappa shape index (κ2) is 12.2. The standard InChI is InChI=1S/C23H33N5OS.CH3NO/c1-27(2)12-11-24-19-7-5-18(6-8-19)22-25-20(23(30-3)9-4-10-23)17-21(26-22)28-13-15-29-16-14-28;2-1-3/h5-8,17,24H,4,9-16H2,1-3H3;1H,(H2,2,3). The highest BCUT2D eigenvalue weighted by Crippen LogP contribution is 2.51. The number of anilines is 2. The predicted octanol–water partition coefficient (Wildman–Crippen LogP) is 2.80. The molecule has 1 aromatic carbocycles. The van der Waals surface area contributed by atoms with Crippen molar-refractivity contribution in [2.24, 2.45) is 5.73 Å². The van der Waals surface area contributed by atoms with E-state index in [9.17, 15) is 0 Å². The van der Waals surface area contributed by atoms with Crippen LogP contribution in [0.2, 0.25) is 0 Å². The maximum Gasteiger partial charge on any atom is 0.204 e. The van der Waals surface area contributed by atoms with Crippen molar-refractivity contribution in [3.05, 3.63) is 36.0 Å². The zero-order chi connectivity index (χ0) is 23.7. The molecule has 0 atom stereocenters. The lowest BCUT2D eigenvalue weighted by atomic mass is 9.81. The minimum atomic E-state index is 0.145. The van der Waals surface area contributed by atoms with E-state index in [0.29, 0.717) is 0 Å². The summed E-state index contributed by atoms with van der Waals surface area (Å²) in [6.07, 6.45) is 6.13. The second-order valence-corrected chi connectivity index (χ2v) is 9.72. The number of primary amides is 1. The minimum absolute atomic E-state index is 0.145. The maximum atomic E-state index is 8.58. The summed E-state index contributed by atoms with van der Waals surface area (Å²) in [5.41, 5.74) is 7.55. The first kappa shape index (κ1) is 25.3. The molecule has 33 heavy (non-hydrogen) atoms. The number of nitrogens with two attached hydrogens (primary N) is 1. The van der Waals surface area contributed by atoms with E-state index >= 15 is 0 Å². The van der Waals surface area contributed by atoms with Gasteiger partial charge >= 0.3 is 0 Å². The quantitative estimate of drug-likeness (QED) is 0.566. The Labute approximate surface area is 201 Å². The van der Waals surface area contributed by atoms with Gasteiger partial charge < -0.3 is 25.6 Å². The summed E-state index contributed by atoms with van der Waals surface area (Å²) in [6.45, 7) is 5.22. The lowest BCUT2D eigenvalue weighted by Gasteiger charge is -2.40. The summed E-state index contributed by atoms with van der Waals surface area (Å²) in [6, 6.07) is 10.7. The lowest BCUT2D eigenvalue weighted by molar-refractivity contribution is -0.106. The average molecular weight is 473 g/mol. The molecule has 180 valence electrons. The van der Waals surface area contributed by atoms with Crippen molar-refractivity contribution < 1.29 is 9.53 Å². The van der Waals surface area contributed by atoms with Crippen LogP contribution < -0.4 is 16.0 Å². The van der Waals surface area contributed by atoms with Gasteiger partial charge in [-0.25, -0.2) is 9.97 Å². The molecule has 9 heteroatoms. The first-order chi connectivity index (χ1) is 16.0. The topological polar surface area (TPSA) is 96.6 Å². The molecular formula is C24H36N6O2S. The van der Waals surface area contributed by atoms with Crippen LogP contribution in [0.4, 0.5) is 11.5 Å². The Balaban J connectivity index is 0.000000968. The third kappa shape index (κ3) is 6.59. The van der Waals surface area contributed by atoms with Gasteiger partial charge in [0.1, 0.15) is 5.82 Å². The molecule has 0 spiro atoms. The van der Waals surface area contributed by atoms with Crippen molar-refractivity contribution in [2.45, 2.75) is 24.0 Å². The van der Waals surface area contributed by atoms with E-state index in [-0.39, 0.29) is 11.2 Å². The predicted molar refractivity (Wildman–Crippen MR) is 137 cm³/mol. The molecule has 0 radical (unpaired) electrons.